The Morgan fingerprint density at radius 1 is 1.57 bits per heavy atom. The van der Waals surface area contributed by atoms with Gasteiger partial charge < -0.3 is 0 Å². The minimum absolute atomic E-state index is 0.222. The van der Waals surface area contributed by atoms with Crippen molar-refractivity contribution < 1.29 is 4.21 Å². The molecule has 0 aromatic heterocycles. The highest BCUT2D eigenvalue weighted by molar-refractivity contribution is 7.86. The molecule has 0 radical (unpaired) electrons. The lowest BCUT2D eigenvalue weighted by atomic mass is 10.5. The van der Waals surface area contributed by atoms with Crippen molar-refractivity contribution in [2.24, 2.45) is 0 Å². The molecule has 1 aliphatic rings. The Morgan fingerprint density at radius 2 is 2.00 bits per heavy atom. The maximum absolute atomic E-state index is 10.6. The summed E-state index contributed by atoms with van der Waals surface area (Å²) in [7, 11) is -0.572. The summed E-state index contributed by atoms with van der Waals surface area (Å²) in [5.41, 5.74) is 0. The van der Waals surface area contributed by atoms with Gasteiger partial charge in [-0.3, -0.25) is 4.21 Å². The largest absolute Gasteiger partial charge is 0.259 e. The van der Waals surface area contributed by atoms with E-state index >= 15 is 0 Å². The van der Waals surface area contributed by atoms with E-state index in [1.54, 1.807) is 6.26 Å². The van der Waals surface area contributed by atoms with Crippen LogP contribution in [-0.4, -0.2) is 15.2 Å². The molecule has 0 amide bonds. The molecule has 1 aliphatic carbocycles. The highest BCUT2D eigenvalue weighted by Gasteiger charge is 2.41. The van der Waals surface area contributed by atoms with Gasteiger partial charge in [0.2, 0.25) is 0 Å². The molecule has 1 atom stereocenters. The van der Waals surface area contributed by atoms with Crippen molar-refractivity contribution in [2.45, 2.75) is 24.5 Å². The third kappa shape index (κ3) is 0.852. The van der Waals surface area contributed by atoms with E-state index in [1.165, 1.54) is 0 Å². The maximum atomic E-state index is 10.6. The molecule has 1 saturated carbocycles. The van der Waals surface area contributed by atoms with Gasteiger partial charge in [-0.25, -0.2) is 0 Å². The summed E-state index contributed by atoms with van der Waals surface area (Å²) in [5, 5.41) is 0. The summed E-state index contributed by atoms with van der Waals surface area (Å²) in [6.45, 7) is 2.07. The molecule has 1 unspecified atom stereocenters. The molecule has 1 nitrogen and oxygen atoms in total. The molecule has 0 aliphatic heterocycles. The van der Waals surface area contributed by atoms with Crippen molar-refractivity contribution in [3.63, 3.8) is 0 Å². The summed E-state index contributed by atoms with van der Waals surface area (Å²) < 4.78 is 10.9. The molecular formula is C5H10OS. The Labute approximate surface area is 46.6 Å². The fraction of sp³-hybridized carbons (Fsp3) is 1.00. The first-order valence-corrected chi connectivity index (χ1v) is 4.04. The molecule has 1 rings (SSSR count). The van der Waals surface area contributed by atoms with E-state index < -0.39 is 10.8 Å². The molecule has 0 N–H and O–H groups in total. The normalized spacial score (nSPS) is 29.4. The molecule has 2 heteroatoms. The van der Waals surface area contributed by atoms with Crippen LogP contribution in [-0.2, 0) is 10.8 Å². The average Bonchev–Trinajstić information content (AvgIpc) is 2.21. The van der Waals surface area contributed by atoms with Crippen molar-refractivity contribution >= 4 is 10.8 Å². The van der Waals surface area contributed by atoms with E-state index in [4.69, 9.17) is 0 Å². The highest BCUT2D eigenvalue weighted by Crippen LogP contribution is 2.39. The Morgan fingerprint density at radius 3 is 2.00 bits per heavy atom. The van der Waals surface area contributed by atoms with E-state index in [0.29, 0.717) is 0 Å². The Balaban J connectivity index is 2.55. The van der Waals surface area contributed by atoms with Crippen LogP contribution in [0, 0.1) is 0 Å². The van der Waals surface area contributed by atoms with Crippen LogP contribution in [0.1, 0.15) is 19.8 Å². The average molecular weight is 118 g/mol. The molecule has 1 fully saturated rings. The van der Waals surface area contributed by atoms with Crippen LogP contribution < -0.4 is 0 Å². The lowest BCUT2D eigenvalue weighted by Crippen LogP contribution is -2.07. The monoisotopic (exact) mass is 118 g/mol. The van der Waals surface area contributed by atoms with Crippen LogP contribution in [0.3, 0.4) is 0 Å². The number of rotatable bonds is 1. The Hall–Kier alpha value is 0.150. The third-order valence-electron chi connectivity index (χ3n) is 1.65. The predicted molar refractivity (Wildman–Crippen MR) is 31.7 cm³/mol. The van der Waals surface area contributed by atoms with Gasteiger partial charge in [-0.2, -0.15) is 0 Å². The van der Waals surface area contributed by atoms with Gasteiger partial charge in [0, 0.05) is 21.8 Å². The van der Waals surface area contributed by atoms with Crippen molar-refractivity contribution in [3.05, 3.63) is 0 Å². The molecule has 0 aromatic carbocycles. The minimum atomic E-state index is -0.572. The van der Waals surface area contributed by atoms with E-state index in [1.807, 2.05) is 0 Å². The van der Waals surface area contributed by atoms with Gasteiger partial charge in [-0.1, -0.05) is 0 Å². The standard InChI is InChI=1S/C5H10OS/c1-5(3-4-5)7(2)6/h3-4H2,1-2H3. The van der Waals surface area contributed by atoms with Gasteiger partial charge in [0.05, 0.1) is 0 Å². The zero-order valence-corrected chi connectivity index (χ0v) is 5.55. The van der Waals surface area contributed by atoms with Crippen molar-refractivity contribution in [1.82, 2.24) is 0 Å². The topological polar surface area (TPSA) is 17.1 Å². The molecule has 0 saturated heterocycles. The van der Waals surface area contributed by atoms with E-state index in [2.05, 4.69) is 6.92 Å². The lowest BCUT2D eigenvalue weighted by molar-refractivity contribution is 0.677. The van der Waals surface area contributed by atoms with Gasteiger partial charge in [0.25, 0.3) is 0 Å². The van der Waals surface area contributed by atoms with Crippen LogP contribution in [0.25, 0.3) is 0 Å². The van der Waals surface area contributed by atoms with Crippen LogP contribution in [0.15, 0.2) is 0 Å². The van der Waals surface area contributed by atoms with E-state index in [9.17, 15) is 4.21 Å². The van der Waals surface area contributed by atoms with E-state index in [-0.39, 0.29) is 4.75 Å². The Kier molecular flexibility index (Phi) is 0.991. The molecule has 42 valence electrons. The zero-order chi connectivity index (χ0) is 5.49. The van der Waals surface area contributed by atoms with Crippen LogP contribution >= 0.6 is 0 Å². The first-order chi connectivity index (χ1) is 3.15. The summed E-state index contributed by atoms with van der Waals surface area (Å²) in [6.07, 6.45) is 4.11. The third-order valence-corrected chi connectivity index (χ3v) is 3.44. The smallest absolute Gasteiger partial charge is 0.0429 e. The maximum Gasteiger partial charge on any atom is 0.0429 e. The Bertz CT molecular complexity index is 105. The van der Waals surface area contributed by atoms with Crippen molar-refractivity contribution in [1.29, 1.82) is 0 Å². The molecule has 0 spiro atoms. The SMILES string of the molecule is CS(=O)C1(C)CC1. The quantitative estimate of drug-likeness (QED) is 0.500. The fourth-order valence-corrected chi connectivity index (χ4v) is 1.14. The highest BCUT2D eigenvalue weighted by atomic mass is 32.2. The van der Waals surface area contributed by atoms with Crippen molar-refractivity contribution in [2.75, 3.05) is 6.26 Å². The summed E-state index contributed by atoms with van der Waals surface area (Å²) in [5.74, 6) is 0. The zero-order valence-electron chi connectivity index (χ0n) is 4.73. The molecule has 0 heterocycles. The molecule has 0 aromatic rings. The molecular weight excluding hydrogens is 108 g/mol. The second-order valence-corrected chi connectivity index (χ2v) is 4.30. The lowest BCUT2D eigenvalue weighted by Gasteiger charge is -1.98. The van der Waals surface area contributed by atoms with Crippen LogP contribution in [0.4, 0.5) is 0 Å². The van der Waals surface area contributed by atoms with Crippen LogP contribution in [0.5, 0.6) is 0 Å². The second-order valence-electron chi connectivity index (χ2n) is 2.40. The van der Waals surface area contributed by atoms with Gasteiger partial charge in [-0.05, 0) is 19.8 Å². The van der Waals surface area contributed by atoms with Gasteiger partial charge in [-0.15, -0.1) is 0 Å². The van der Waals surface area contributed by atoms with Gasteiger partial charge in [0.15, 0.2) is 0 Å². The first-order valence-electron chi connectivity index (χ1n) is 2.49. The van der Waals surface area contributed by atoms with Crippen molar-refractivity contribution in [3.8, 4) is 0 Å². The summed E-state index contributed by atoms with van der Waals surface area (Å²) in [6, 6.07) is 0. The molecule has 0 bridgehead atoms. The van der Waals surface area contributed by atoms with Gasteiger partial charge in [0.1, 0.15) is 0 Å². The second kappa shape index (κ2) is 1.31. The van der Waals surface area contributed by atoms with Crippen LogP contribution in [0.2, 0.25) is 0 Å². The number of hydrogen-bond donors (Lipinski definition) is 0. The summed E-state index contributed by atoms with van der Waals surface area (Å²) in [4.78, 5) is 0. The first kappa shape index (κ1) is 5.29. The van der Waals surface area contributed by atoms with Gasteiger partial charge >= 0.3 is 0 Å². The minimum Gasteiger partial charge on any atom is -0.259 e. The summed E-state index contributed by atoms with van der Waals surface area (Å²) >= 11 is 0. The molecule has 7 heavy (non-hydrogen) atoms. The predicted octanol–water partition coefficient (Wildman–Crippen LogP) is 0.917. The number of hydrogen-bond acceptors (Lipinski definition) is 1. The fourth-order valence-electron chi connectivity index (χ4n) is 0.463. The van der Waals surface area contributed by atoms with E-state index in [0.717, 1.165) is 12.8 Å².